The van der Waals surface area contributed by atoms with E-state index in [1.165, 1.54) is 0 Å². The Bertz CT molecular complexity index is 699. The maximum atomic E-state index is 11.3. The molecule has 0 saturated heterocycles. The van der Waals surface area contributed by atoms with E-state index in [2.05, 4.69) is 32.9 Å². The third-order valence-corrected chi connectivity index (χ3v) is 5.55. The van der Waals surface area contributed by atoms with Gasteiger partial charge in [-0.25, -0.2) is 0 Å². The zero-order chi connectivity index (χ0) is 21.1. The first kappa shape index (κ1) is 23.1. The zero-order valence-electron chi connectivity index (χ0n) is 18.0. The van der Waals surface area contributed by atoms with Crippen LogP contribution >= 0.6 is 0 Å². The number of aldehydes is 1. The second-order valence-corrected chi connectivity index (χ2v) is 7.61. The summed E-state index contributed by atoms with van der Waals surface area (Å²) < 4.78 is 17.7. The molecule has 0 radical (unpaired) electrons. The van der Waals surface area contributed by atoms with Gasteiger partial charge in [0.1, 0.15) is 12.0 Å². The summed E-state index contributed by atoms with van der Waals surface area (Å²) in [6, 6.07) is 18.0. The third-order valence-electron chi connectivity index (χ3n) is 5.55. The SMILES string of the molecule is CC[C@H](C)[C@@H](OCc1ccccc1)[C@@H](C)[C@H](CC=O)OCc1ccc(OC)cc1. The van der Waals surface area contributed by atoms with Crippen LogP contribution in [0.1, 0.15) is 44.7 Å². The fraction of sp³-hybridized carbons (Fsp3) is 0.480. The van der Waals surface area contributed by atoms with Crippen LogP contribution in [0.5, 0.6) is 5.75 Å². The van der Waals surface area contributed by atoms with Crippen LogP contribution in [0, 0.1) is 11.8 Å². The van der Waals surface area contributed by atoms with E-state index >= 15 is 0 Å². The number of carbonyl (C=O) groups excluding carboxylic acids is 1. The Balaban J connectivity index is 2.04. The minimum atomic E-state index is -0.190. The number of rotatable bonds is 13. The molecule has 0 bridgehead atoms. The maximum absolute atomic E-state index is 11.3. The summed E-state index contributed by atoms with van der Waals surface area (Å²) in [5, 5.41) is 0. The Morgan fingerprint density at radius 3 is 2.10 bits per heavy atom. The van der Waals surface area contributed by atoms with Gasteiger partial charge >= 0.3 is 0 Å². The van der Waals surface area contributed by atoms with Crippen molar-refractivity contribution in [3.63, 3.8) is 0 Å². The topological polar surface area (TPSA) is 44.8 Å². The van der Waals surface area contributed by atoms with E-state index in [0.717, 1.165) is 29.6 Å². The lowest BCUT2D eigenvalue weighted by molar-refractivity contribution is -0.118. The number of methoxy groups -OCH3 is 1. The average Bonchev–Trinajstić information content (AvgIpc) is 2.77. The summed E-state index contributed by atoms with van der Waals surface area (Å²) in [4.78, 5) is 11.3. The van der Waals surface area contributed by atoms with E-state index in [1.54, 1.807) is 7.11 Å². The van der Waals surface area contributed by atoms with E-state index in [1.807, 2.05) is 42.5 Å². The van der Waals surface area contributed by atoms with Crippen molar-refractivity contribution in [1.29, 1.82) is 0 Å². The minimum Gasteiger partial charge on any atom is -0.497 e. The highest BCUT2D eigenvalue weighted by Crippen LogP contribution is 2.27. The smallest absolute Gasteiger partial charge is 0.122 e. The van der Waals surface area contributed by atoms with Crippen LogP contribution in [0.3, 0.4) is 0 Å². The predicted molar refractivity (Wildman–Crippen MR) is 116 cm³/mol. The Kier molecular flexibility index (Phi) is 9.89. The Morgan fingerprint density at radius 2 is 1.52 bits per heavy atom. The van der Waals surface area contributed by atoms with Gasteiger partial charge in [-0.15, -0.1) is 0 Å². The van der Waals surface area contributed by atoms with Gasteiger partial charge in [0.25, 0.3) is 0 Å². The molecule has 29 heavy (non-hydrogen) atoms. The monoisotopic (exact) mass is 398 g/mol. The quantitative estimate of drug-likeness (QED) is 0.422. The van der Waals surface area contributed by atoms with E-state index in [0.29, 0.717) is 25.6 Å². The highest BCUT2D eigenvalue weighted by molar-refractivity contribution is 5.50. The third kappa shape index (κ3) is 7.30. The first-order chi connectivity index (χ1) is 14.1. The lowest BCUT2D eigenvalue weighted by Crippen LogP contribution is -2.37. The van der Waals surface area contributed by atoms with Gasteiger partial charge in [0, 0.05) is 12.3 Å². The molecule has 0 aliphatic carbocycles. The fourth-order valence-corrected chi connectivity index (χ4v) is 3.50. The summed E-state index contributed by atoms with van der Waals surface area (Å²) in [7, 11) is 1.65. The number of carbonyl (C=O) groups is 1. The second kappa shape index (κ2) is 12.4. The van der Waals surface area contributed by atoms with Crippen LogP contribution in [0.15, 0.2) is 54.6 Å². The Morgan fingerprint density at radius 1 is 0.897 bits per heavy atom. The molecular weight excluding hydrogens is 364 g/mol. The molecule has 0 aliphatic rings. The molecule has 0 aromatic heterocycles. The molecule has 4 heteroatoms. The summed E-state index contributed by atoms with van der Waals surface area (Å²) in [6.07, 6.45) is 2.14. The molecule has 0 unspecified atom stereocenters. The van der Waals surface area contributed by atoms with Gasteiger partial charge < -0.3 is 19.0 Å². The fourth-order valence-electron chi connectivity index (χ4n) is 3.50. The van der Waals surface area contributed by atoms with Crippen molar-refractivity contribution < 1.29 is 19.0 Å². The molecule has 0 heterocycles. The Labute approximate surface area is 175 Å². The van der Waals surface area contributed by atoms with Gasteiger partial charge in [-0.1, -0.05) is 69.7 Å². The standard InChI is InChI=1S/C25H34O4/c1-5-19(2)25(29-18-21-9-7-6-8-10-21)20(3)24(15-16-26)28-17-22-11-13-23(27-4)14-12-22/h6-14,16,19-20,24-25H,5,15,17-18H2,1-4H3/t19-,20-,24-,25+/m0/s1. The summed E-state index contributed by atoms with van der Waals surface area (Å²) >= 11 is 0. The molecule has 0 spiro atoms. The first-order valence-electron chi connectivity index (χ1n) is 10.4. The summed E-state index contributed by atoms with van der Waals surface area (Å²) in [6.45, 7) is 7.52. The van der Waals surface area contributed by atoms with E-state index in [4.69, 9.17) is 14.2 Å². The van der Waals surface area contributed by atoms with Crippen molar-refractivity contribution >= 4 is 6.29 Å². The van der Waals surface area contributed by atoms with Crippen LogP contribution < -0.4 is 4.74 Å². The number of hydrogen-bond acceptors (Lipinski definition) is 4. The highest BCUT2D eigenvalue weighted by Gasteiger charge is 2.30. The Hall–Kier alpha value is -2.17. The van der Waals surface area contributed by atoms with Gasteiger partial charge in [0.15, 0.2) is 0 Å². The molecule has 2 rings (SSSR count). The molecule has 2 aromatic rings. The predicted octanol–water partition coefficient (Wildman–Crippen LogP) is 5.44. The normalized spacial score (nSPS) is 15.3. The first-order valence-corrected chi connectivity index (χ1v) is 10.4. The van der Waals surface area contributed by atoms with Crippen molar-refractivity contribution in [3.8, 4) is 5.75 Å². The molecule has 2 aromatic carbocycles. The summed E-state index contributed by atoms with van der Waals surface area (Å²) in [5.74, 6) is 1.28. The molecule has 158 valence electrons. The number of benzene rings is 2. The van der Waals surface area contributed by atoms with Gasteiger partial charge in [0.05, 0.1) is 32.5 Å². The van der Waals surface area contributed by atoms with E-state index < -0.39 is 0 Å². The average molecular weight is 399 g/mol. The van der Waals surface area contributed by atoms with E-state index in [9.17, 15) is 4.79 Å². The number of ether oxygens (including phenoxy) is 3. The molecule has 0 saturated carbocycles. The number of hydrogen-bond donors (Lipinski definition) is 0. The highest BCUT2D eigenvalue weighted by atomic mass is 16.5. The molecule has 4 atom stereocenters. The van der Waals surface area contributed by atoms with E-state index in [-0.39, 0.29) is 18.1 Å². The lowest BCUT2D eigenvalue weighted by atomic mass is 9.86. The maximum Gasteiger partial charge on any atom is 0.122 e. The largest absolute Gasteiger partial charge is 0.497 e. The van der Waals surface area contributed by atoms with Crippen molar-refractivity contribution in [1.82, 2.24) is 0 Å². The summed E-state index contributed by atoms with van der Waals surface area (Å²) in [5.41, 5.74) is 2.21. The lowest BCUT2D eigenvalue weighted by Gasteiger charge is -2.34. The van der Waals surface area contributed by atoms with Crippen LogP contribution in [0.2, 0.25) is 0 Å². The molecule has 0 aliphatic heterocycles. The van der Waals surface area contributed by atoms with Gasteiger partial charge in [0.2, 0.25) is 0 Å². The van der Waals surface area contributed by atoms with Crippen molar-refractivity contribution in [2.24, 2.45) is 11.8 Å². The van der Waals surface area contributed by atoms with Crippen molar-refractivity contribution in [2.45, 2.75) is 59.0 Å². The molecular formula is C25H34O4. The molecule has 0 N–H and O–H groups in total. The van der Waals surface area contributed by atoms with Crippen LogP contribution in [-0.4, -0.2) is 25.6 Å². The van der Waals surface area contributed by atoms with Gasteiger partial charge in [-0.3, -0.25) is 0 Å². The van der Waals surface area contributed by atoms with Crippen LogP contribution in [0.25, 0.3) is 0 Å². The van der Waals surface area contributed by atoms with Crippen molar-refractivity contribution in [3.05, 3.63) is 65.7 Å². The van der Waals surface area contributed by atoms with Crippen LogP contribution in [0.4, 0.5) is 0 Å². The van der Waals surface area contributed by atoms with Gasteiger partial charge in [-0.2, -0.15) is 0 Å². The van der Waals surface area contributed by atoms with Crippen LogP contribution in [-0.2, 0) is 27.5 Å². The molecule has 0 fully saturated rings. The van der Waals surface area contributed by atoms with Gasteiger partial charge in [-0.05, 0) is 29.2 Å². The molecule has 4 nitrogen and oxygen atoms in total. The zero-order valence-corrected chi connectivity index (χ0v) is 18.0. The second-order valence-electron chi connectivity index (χ2n) is 7.61. The van der Waals surface area contributed by atoms with Crippen molar-refractivity contribution in [2.75, 3.05) is 7.11 Å². The molecule has 0 amide bonds. The minimum absolute atomic E-state index is 0.0148.